The summed E-state index contributed by atoms with van der Waals surface area (Å²) in [6, 6.07) is 6.71. The molecule has 0 bridgehead atoms. The van der Waals surface area contributed by atoms with E-state index in [9.17, 15) is 13.2 Å². The maximum absolute atomic E-state index is 12.4. The summed E-state index contributed by atoms with van der Waals surface area (Å²) in [7, 11) is 0. The van der Waals surface area contributed by atoms with Gasteiger partial charge in [0.05, 0.1) is 5.57 Å². The minimum Gasteiger partial charge on any atom is -0.166 e. The Labute approximate surface area is 79.4 Å². The fraction of sp³-hybridized carbons (Fsp3) is 0.0909. The van der Waals surface area contributed by atoms with Crippen LogP contribution in [-0.2, 0) is 0 Å². The van der Waals surface area contributed by atoms with Crippen molar-refractivity contribution in [3.63, 3.8) is 0 Å². The number of hydrogen-bond donors (Lipinski definition) is 0. The SMILES string of the molecule is C=C1C(C(F)(F)F)=Cc2ccccc21. The van der Waals surface area contributed by atoms with Gasteiger partial charge in [-0.15, -0.1) is 0 Å². The van der Waals surface area contributed by atoms with E-state index in [1.807, 2.05) is 0 Å². The van der Waals surface area contributed by atoms with Crippen molar-refractivity contribution < 1.29 is 13.2 Å². The van der Waals surface area contributed by atoms with Crippen LogP contribution in [0.2, 0.25) is 0 Å². The van der Waals surface area contributed by atoms with Crippen LogP contribution in [-0.4, -0.2) is 6.18 Å². The smallest absolute Gasteiger partial charge is 0.166 e. The summed E-state index contributed by atoms with van der Waals surface area (Å²) < 4.78 is 37.3. The van der Waals surface area contributed by atoms with Gasteiger partial charge in [0.25, 0.3) is 0 Å². The van der Waals surface area contributed by atoms with Crippen molar-refractivity contribution in [1.29, 1.82) is 0 Å². The van der Waals surface area contributed by atoms with Crippen LogP contribution < -0.4 is 0 Å². The van der Waals surface area contributed by atoms with Crippen molar-refractivity contribution in [2.24, 2.45) is 0 Å². The predicted molar refractivity (Wildman–Crippen MR) is 49.5 cm³/mol. The molecular formula is C11H7F3. The van der Waals surface area contributed by atoms with Crippen LogP contribution in [0.1, 0.15) is 11.1 Å². The molecule has 1 aromatic rings. The molecule has 1 aliphatic carbocycles. The van der Waals surface area contributed by atoms with E-state index in [4.69, 9.17) is 0 Å². The first kappa shape index (κ1) is 9.06. The van der Waals surface area contributed by atoms with Crippen LogP contribution in [0.4, 0.5) is 13.2 Å². The van der Waals surface area contributed by atoms with Gasteiger partial charge in [0.2, 0.25) is 0 Å². The zero-order chi connectivity index (χ0) is 10.3. The van der Waals surface area contributed by atoms with Crippen LogP contribution in [0, 0.1) is 0 Å². The number of benzene rings is 1. The van der Waals surface area contributed by atoms with Gasteiger partial charge in [0.15, 0.2) is 0 Å². The first-order valence-electron chi connectivity index (χ1n) is 4.08. The highest BCUT2D eigenvalue weighted by molar-refractivity contribution is 5.94. The average Bonchev–Trinajstić information content (AvgIpc) is 2.44. The zero-order valence-corrected chi connectivity index (χ0v) is 7.23. The van der Waals surface area contributed by atoms with Crippen molar-refractivity contribution in [3.05, 3.63) is 47.5 Å². The molecule has 72 valence electrons. The quantitative estimate of drug-likeness (QED) is 0.594. The Balaban J connectivity index is 2.53. The van der Waals surface area contributed by atoms with Crippen molar-refractivity contribution >= 4 is 11.6 Å². The topological polar surface area (TPSA) is 0 Å². The number of hydrogen-bond acceptors (Lipinski definition) is 0. The van der Waals surface area contributed by atoms with E-state index >= 15 is 0 Å². The maximum atomic E-state index is 12.4. The van der Waals surface area contributed by atoms with Crippen LogP contribution in [0.15, 0.2) is 36.4 Å². The number of allylic oxidation sites excluding steroid dienone is 2. The van der Waals surface area contributed by atoms with Gasteiger partial charge in [-0.3, -0.25) is 0 Å². The molecule has 0 heterocycles. The normalized spacial score (nSPS) is 15.4. The molecule has 0 N–H and O–H groups in total. The molecular weight excluding hydrogens is 189 g/mol. The molecule has 0 saturated heterocycles. The van der Waals surface area contributed by atoms with Crippen molar-refractivity contribution in [2.45, 2.75) is 6.18 Å². The molecule has 0 radical (unpaired) electrons. The van der Waals surface area contributed by atoms with Gasteiger partial charge in [-0.05, 0) is 22.8 Å². The number of alkyl halides is 3. The fourth-order valence-corrected chi connectivity index (χ4v) is 1.54. The van der Waals surface area contributed by atoms with Crippen LogP contribution in [0.5, 0.6) is 0 Å². The highest BCUT2D eigenvalue weighted by atomic mass is 19.4. The minimum atomic E-state index is -4.31. The van der Waals surface area contributed by atoms with Crippen molar-refractivity contribution in [2.75, 3.05) is 0 Å². The monoisotopic (exact) mass is 196 g/mol. The molecule has 14 heavy (non-hydrogen) atoms. The molecule has 0 fully saturated rings. The summed E-state index contributed by atoms with van der Waals surface area (Å²) in [5.74, 6) is 0. The molecule has 0 saturated carbocycles. The van der Waals surface area contributed by atoms with Crippen LogP contribution in [0.3, 0.4) is 0 Å². The molecule has 3 heteroatoms. The average molecular weight is 196 g/mol. The lowest BCUT2D eigenvalue weighted by atomic mass is 10.1. The highest BCUT2D eigenvalue weighted by Crippen LogP contribution is 2.42. The van der Waals surface area contributed by atoms with Gasteiger partial charge in [-0.1, -0.05) is 30.8 Å². The first-order chi connectivity index (χ1) is 6.50. The van der Waals surface area contributed by atoms with E-state index in [0.717, 1.165) is 6.08 Å². The molecule has 0 spiro atoms. The Hall–Kier alpha value is -1.51. The van der Waals surface area contributed by atoms with E-state index in [-0.39, 0.29) is 5.57 Å². The Morgan fingerprint density at radius 2 is 1.71 bits per heavy atom. The number of rotatable bonds is 0. The second-order valence-corrected chi connectivity index (χ2v) is 3.12. The maximum Gasteiger partial charge on any atom is 0.417 e. The largest absolute Gasteiger partial charge is 0.417 e. The van der Waals surface area contributed by atoms with Gasteiger partial charge in [-0.2, -0.15) is 13.2 Å². The molecule has 1 aromatic carbocycles. The van der Waals surface area contributed by atoms with E-state index in [0.29, 0.717) is 11.1 Å². The lowest BCUT2D eigenvalue weighted by Crippen LogP contribution is -2.10. The second-order valence-electron chi connectivity index (χ2n) is 3.12. The lowest BCUT2D eigenvalue weighted by Gasteiger charge is -2.08. The molecule has 0 aliphatic heterocycles. The summed E-state index contributed by atoms with van der Waals surface area (Å²) in [6.07, 6.45) is -3.17. The van der Waals surface area contributed by atoms with Gasteiger partial charge in [-0.25, -0.2) is 0 Å². The zero-order valence-electron chi connectivity index (χ0n) is 7.23. The Morgan fingerprint density at radius 1 is 1.07 bits per heavy atom. The highest BCUT2D eigenvalue weighted by Gasteiger charge is 2.38. The summed E-state index contributed by atoms with van der Waals surface area (Å²) in [5, 5.41) is 0. The fourth-order valence-electron chi connectivity index (χ4n) is 1.54. The lowest BCUT2D eigenvalue weighted by molar-refractivity contribution is -0.0859. The van der Waals surface area contributed by atoms with Gasteiger partial charge >= 0.3 is 6.18 Å². The van der Waals surface area contributed by atoms with E-state index in [1.165, 1.54) is 0 Å². The van der Waals surface area contributed by atoms with Crippen LogP contribution >= 0.6 is 0 Å². The molecule has 0 amide bonds. The Bertz CT molecular complexity index is 424. The minimum absolute atomic E-state index is 0.0631. The summed E-state index contributed by atoms with van der Waals surface area (Å²) in [6.45, 7) is 3.46. The predicted octanol–water partition coefficient (Wildman–Crippen LogP) is 3.66. The first-order valence-corrected chi connectivity index (χ1v) is 4.08. The van der Waals surface area contributed by atoms with E-state index in [1.54, 1.807) is 24.3 Å². The van der Waals surface area contributed by atoms with E-state index in [2.05, 4.69) is 6.58 Å². The molecule has 0 unspecified atom stereocenters. The molecule has 0 aromatic heterocycles. The number of halogens is 3. The van der Waals surface area contributed by atoms with Crippen molar-refractivity contribution in [1.82, 2.24) is 0 Å². The second kappa shape index (κ2) is 2.74. The third-order valence-electron chi connectivity index (χ3n) is 2.22. The Kier molecular flexibility index (Phi) is 1.77. The van der Waals surface area contributed by atoms with Crippen molar-refractivity contribution in [3.8, 4) is 0 Å². The summed E-state index contributed by atoms with van der Waals surface area (Å²) >= 11 is 0. The van der Waals surface area contributed by atoms with E-state index < -0.39 is 11.7 Å². The third kappa shape index (κ3) is 1.25. The van der Waals surface area contributed by atoms with Gasteiger partial charge in [0, 0.05) is 0 Å². The Morgan fingerprint density at radius 3 is 2.29 bits per heavy atom. The van der Waals surface area contributed by atoms with Crippen LogP contribution in [0.25, 0.3) is 11.6 Å². The van der Waals surface area contributed by atoms with Gasteiger partial charge in [0.1, 0.15) is 0 Å². The summed E-state index contributed by atoms with van der Waals surface area (Å²) in [4.78, 5) is 0. The third-order valence-corrected chi connectivity index (χ3v) is 2.22. The number of fused-ring (bicyclic) bond motifs is 1. The summed E-state index contributed by atoms with van der Waals surface area (Å²) in [5.41, 5.74) is 0.580. The molecule has 2 rings (SSSR count). The van der Waals surface area contributed by atoms with Gasteiger partial charge < -0.3 is 0 Å². The standard InChI is InChI=1S/C11H7F3/c1-7-9-5-3-2-4-8(9)6-10(7)11(12,13)14/h2-6H,1H2. The molecule has 0 nitrogen and oxygen atoms in total. The molecule has 1 aliphatic rings. The molecule has 0 atom stereocenters.